The smallest absolute Gasteiger partial charge is 1.00 e. The van der Waals surface area contributed by atoms with Crippen LogP contribution in [-0.4, -0.2) is 5.48 Å². The van der Waals surface area contributed by atoms with Gasteiger partial charge in [-0.2, -0.15) is 0 Å². The van der Waals surface area contributed by atoms with E-state index in [0.717, 1.165) is 0 Å². The van der Waals surface area contributed by atoms with E-state index in [4.69, 9.17) is 0 Å². The Labute approximate surface area is 59.8 Å². The average molecular weight is 144 g/mol. The van der Waals surface area contributed by atoms with Crippen molar-refractivity contribution in [2.45, 2.75) is 0 Å². The zero-order chi connectivity index (χ0) is 0. The van der Waals surface area contributed by atoms with Crippen molar-refractivity contribution in [3.8, 4) is 0 Å². The quantitative estimate of drug-likeness (QED) is 0.313. The van der Waals surface area contributed by atoms with Crippen molar-refractivity contribution in [1.82, 2.24) is 0 Å². The fourth-order valence-corrected chi connectivity index (χ4v) is 0. The zero-order valence-corrected chi connectivity index (χ0v) is 4.30. The third kappa shape index (κ3) is 9.51. The van der Waals surface area contributed by atoms with Gasteiger partial charge < -0.3 is 6.90 Å². The van der Waals surface area contributed by atoms with Crippen LogP contribution in [0.2, 0.25) is 0 Å². The molecular formula is H3CuLiMnO. The molecule has 1 nitrogen and oxygen atoms in total. The second-order valence-electron chi connectivity index (χ2n) is 0. The van der Waals surface area contributed by atoms with Crippen molar-refractivity contribution < 1.29 is 59.9 Å². The largest absolute Gasteiger partial charge is 1.00 e. The van der Waals surface area contributed by atoms with Gasteiger partial charge in [-0.15, -0.1) is 0 Å². The van der Waals surface area contributed by atoms with Gasteiger partial charge in [0.1, 0.15) is 0 Å². The van der Waals surface area contributed by atoms with Gasteiger partial charge in [0.05, 0.1) is 0 Å². The molecule has 0 aromatic heterocycles. The van der Waals surface area contributed by atoms with Crippen molar-refractivity contribution in [1.29, 1.82) is 0 Å². The Kier molecular flexibility index (Phi) is 271. The Morgan fingerprint density at radius 1 is 1.25 bits per heavy atom. The molecule has 0 aromatic rings. The number of rotatable bonds is 0. The van der Waals surface area contributed by atoms with Gasteiger partial charge in [0.15, 0.2) is 0 Å². The first kappa shape index (κ1) is 46.4. The monoisotopic (exact) mass is 144 g/mol. The predicted molar refractivity (Wildman–Crippen MR) is 4.73 cm³/mol. The maximum Gasteiger partial charge on any atom is 1.00 e. The molecule has 0 aliphatic carbocycles. The van der Waals surface area contributed by atoms with Crippen molar-refractivity contribution in [3.05, 3.63) is 0 Å². The standard InChI is InChI=1S/Cu.Li.Mn.H2O.H/h;;;1H2;/q;+1;;;-1. The van der Waals surface area contributed by atoms with Crippen LogP contribution in [0.25, 0.3) is 0 Å². The summed E-state index contributed by atoms with van der Waals surface area (Å²) in [6.07, 6.45) is 0. The van der Waals surface area contributed by atoms with Crippen molar-refractivity contribution in [3.63, 3.8) is 0 Å². The summed E-state index contributed by atoms with van der Waals surface area (Å²) in [5.74, 6) is 0. The fraction of sp³-hybridized carbons (Fsp3) is 0. The molecule has 0 fully saturated rings. The van der Waals surface area contributed by atoms with Crippen LogP contribution in [0, 0.1) is 0 Å². The van der Waals surface area contributed by atoms with Crippen LogP contribution in [0.5, 0.6) is 0 Å². The van der Waals surface area contributed by atoms with Gasteiger partial charge in [0.25, 0.3) is 0 Å². The summed E-state index contributed by atoms with van der Waals surface area (Å²) in [7, 11) is 0. The average Bonchev–Trinajstić information content (AvgIpc) is 0. The third-order valence-electron chi connectivity index (χ3n) is 0. The molecule has 0 aliphatic rings. The maximum absolute atomic E-state index is 0. The molecule has 4 heavy (non-hydrogen) atoms. The summed E-state index contributed by atoms with van der Waals surface area (Å²) in [4.78, 5) is 0. The molecule has 0 bridgehead atoms. The summed E-state index contributed by atoms with van der Waals surface area (Å²) >= 11 is 0. The van der Waals surface area contributed by atoms with Gasteiger partial charge in [-0.3, -0.25) is 0 Å². The van der Waals surface area contributed by atoms with Crippen molar-refractivity contribution >= 4 is 0 Å². The topological polar surface area (TPSA) is 31.5 Å². The van der Waals surface area contributed by atoms with E-state index in [1.54, 1.807) is 0 Å². The third-order valence-corrected chi connectivity index (χ3v) is 0. The Hall–Kier alpha value is 1.60. The van der Waals surface area contributed by atoms with Crippen molar-refractivity contribution in [2.75, 3.05) is 0 Å². The molecule has 0 unspecified atom stereocenters. The van der Waals surface area contributed by atoms with Gasteiger partial charge in [-0.1, -0.05) is 0 Å². The molecule has 2 N–H and O–H groups in total. The minimum atomic E-state index is 0. The first-order valence-electron chi connectivity index (χ1n) is 0. The van der Waals surface area contributed by atoms with E-state index in [1.807, 2.05) is 0 Å². The Morgan fingerprint density at radius 2 is 1.25 bits per heavy atom. The van der Waals surface area contributed by atoms with Crippen molar-refractivity contribution in [2.24, 2.45) is 0 Å². The summed E-state index contributed by atoms with van der Waals surface area (Å²) in [6, 6.07) is 0. The Morgan fingerprint density at radius 3 is 1.25 bits per heavy atom. The predicted octanol–water partition coefficient (Wildman–Crippen LogP) is -3.71. The molecule has 0 atom stereocenters. The minimum Gasteiger partial charge on any atom is -1.00 e. The molecule has 0 heterocycles. The number of hydrogen-bond acceptors (Lipinski definition) is 0. The van der Waals surface area contributed by atoms with E-state index < -0.39 is 0 Å². The Bertz CT molecular complexity index is 11.6. The van der Waals surface area contributed by atoms with E-state index in [1.165, 1.54) is 0 Å². The minimum absolute atomic E-state index is 0. The second kappa shape index (κ2) is 23.3. The molecule has 0 spiro atoms. The normalized spacial score (nSPS) is 0. The van der Waals surface area contributed by atoms with Crippen LogP contribution < -0.4 is 18.9 Å². The summed E-state index contributed by atoms with van der Waals surface area (Å²) in [6.45, 7) is 0. The zero-order valence-electron chi connectivity index (χ0n) is 3.18. The molecule has 0 saturated heterocycles. The van der Waals surface area contributed by atoms with Gasteiger partial charge >= 0.3 is 18.9 Å². The fourth-order valence-electron chi connectivity index (χ4n) is 0. The number of hydrogen-bond donors (Lipinski definition) is 0. The maximum atomic E-state index is 0. The molecular weight excluding hydrogens is 141 g/mol. The van der Waals surface area contributed by atoms with E-state index in [2.05, 4.69) is 0 Å². The van der Waals surface area contributed by atoms with Gasteiger partial charge in [0, 0.05) is 34.1 Å². The van der Waals surface area contributed by atoms with Crippen LogP contribution in [0.1, 0.15) is 1.43 Å². The summed E-state index contributed by atoms with van der Waals surface area (Å²) in [5.41, 5.74) is 0. The van der Waals surface area contributed by atoms with E-state index in [0.29, 0.717) is 0 Å². The second-order valence-corrected chi connectivity index (χ2v) is 0. The molecule has 0 aromatic carbocycles. The van der Waals surface area contributed by atoms with Crippen LogP contribution in [0.15, 0.2) is 0 Å². The molecule has 0 saturated carbocycles. The molecule has 0 rings (SSSR count). The van der Waals surface area contributed by atoms with Crippen LogP contribution in [-0.2, 0) is 34.1 Å². The molecule has 4 heteroatoms. The molecule has 28 valence electrons. The van der Waals surface area contributed by atoms with Gasteiger partial charge in [-0.25, -0.2) is 0 Å². The Balaban J connectivity index is 0. The van der Waals surface area contributed by atoms with Crippen LogP contribution >= 0.6 is 0 Å². The van der Waals surface area contributed by atoms with Crippen LogP contribution in [0.4, 0.5) is 0 Å². The van der Waals surface area contributed by atoms with E-state index in [-0.39, 0.29) is 59.9 Å². The summed E-state index contributed by atoms with van der Waals surface area (Å²) in [5, 5.41) is 0. The van der Waals surface area contributed by atoms with E-state index >= 15 is 0 Å². The van der Waals surface area contributed by atoms with Gasteiger partial charge in [-0.05, 0) is 0 Å². The summed E-state index contributed by atoms with van der Waals surface area (Å²) < 4.78 is 0. The van der Waals surface area contributed by atoms with E-state index in [9.17, 15) is 0 Å². The SMILES string of the molecule is O.[Cu].[H-].[Li+].[Mn]. The first-order chi connectivity index (χ1) is 0. The molecule has 0 amide bonds. The first-order valence-corrected chi connectivity index (χ1v) is 0. The van der Waals surface area contributed by atoms with Gasteiger partial charge in [0.2, 0.25) is 0 Å². The van der Waals surface area contributed by atoms with Crippen LogP contribution in [0.3, 0.4) is 0 Å². The molecule has 0 aliphatic heterocycles. The molecule has 2 radical (unpaired) electrons.